The van der Waals surface area contributed by atoms with Gasteiger partial charge in [-0.25, -0.2) is 0 Å². The van der Waals surface area contributed by atoms with Crippen LogP contribution in [0.4, 0.5) is 5.69 Å². The van der Waals surface area contributed by atoms with Crippen molar-refractivity contribution in [1.82, 2.24) is 4.90 Å². The lowest BCUT2D eigenvalue weighted by atomic mass is 10.1. The van der Waals surface area contributed by atoms with Crippen LogP contribution in [0.3, 0.4) is 0 Å². The van der Waals surface area contributed by atoms with E-state index in [2.05, 4.69) is 10.1 Å². The third-order valence-corrected chi connectivity index (χ3v) is 1.89. The van der Waals surface area contributed by atoms with Crippen LogP contribution in [-0.4, -0.2) is 25.5 Å². The molecule has 1 aromatic rings. The summed E-state index contributed by atoms with van der Waals surface area (Å²) >= 11 is 0. The topological polar surface area (TPSA) is 32.7 Å². The van der Waals surface area contributed by atoms with Gasteiger partial charge >= 0.3 is 0 Å². The van der Waals surface area contributed by atoms with Crippen molar-refractivity contribution >= 4 is 5.69 Å². The molecule has 0 atom stereocenters. The van der Waals surface area contributed by atoms with Crippen LogP contribution in [0.2, 0.25) is 0 Å². The van der Waals surface area contributed by atoms with Crippen molar-refractivity contribution in [3.05, 3.63) is 34.7 Å². The molecular formula is C10H14N2O. The van der Waals surface area contributed by atoms with Gasteiger partial charge in [0.15, 0.2) is 0 Å². The fourth-order valence-electron chi connectivity index (χ4n) is 1.08. The maximum absolute atomic E-state index is 10.1. The second-order valence-corrected chi connectivity index (χ2v) is 3.31. The van der Waals surface area contributed by atoms with E-state index in [1.807, 2.05) is 26.2 Å². The van der Waals surface area contributed by atoms with Crippen molar-refractivity contribution in [2.75, 3.05) is 20.6 Å². The maximum Gasteiger partial charge on any atom is 0.108 e. The zero-order chi connectivity index (χ0) is 9.68. The smallest absolute Gasteiger partial charge is 0.108 e. The fourth-order valence-corrected chi connectivity index (χ4v) is 1.08. The van der Waals surface area contributed by atoms with Gasteiger partial charge in [-0.05, 0) is 43.4 Å². The van der Waals surface area contributed by atoms with Crippen molar-refractivity contribution in [2.45, 2.75) is 6.42 Å². The van der Waals surface area contributed by atoms with Crippen LogP contribution in [0.5, 0.6) is 0 Å². The molecule has 0 unspecified atom stereocenters. The molecule has 0 radical (unpaired) electrons. The van der Waals surface area contributed by atoms with E-state index in [0.29, 0.717) is 5.69 Å². The zero-order valence-electron chi connectivity index (χ0n) is 8.03. The van der Waals surface area contributed by atoms with Gasteiger partial charge in [0.1, 0.15) is 5.69 Å². The molecule has 0 saturated heterocycles. The molecule has 0 heterocycles. The molecule has 0 aliphatic heterocycles. The van der Waals surface area contributed by atoms with Crippen molar-refractivity contribution < 1.29 is 0 Å². The predicted molar refractivity (Wildman–Crippen MR) is 54.2 cm³/mol. The minimum absolute atomic E-state index is 0.494. The number of hydrogen-bond donors (Lipinski definition) is 0. The van der Waals surface area contributed by atoms with Crippen LogP contribution in [0.25, 0.3) is 0 Å². The Hall–Kier alpha value is -1.22. The van der Waals surface area contributed by atoms with E-state index in [0.717, 1.165) is 13.0 Å². The maximum atomic E-state index is 10.1. The summed E-state index contributed by atoms with van der Waals surface area (Å²) in [7, 11) is 4.09. The summed E-state index contributed by atoms with van der Waals surface area (Å²) < 4.78 is 0. The predicted octanol–water partition coefficient (Wildman–Crippen LogP) is 2.19. The first-order chi connectivity index (χ1) is 6.22. The standard InChI is InChI=1S/C10H14N2O/c1-12(2)8-7-9-3-5-10(11-13)6-4-9/h3-6H,7-8H2,1-2H3. The van der Waals surface area contributed by atoms with E-state index < -0.39 is 0 Å². The van der Waals surface area contributed by atoms with E-state index in [1.54, 1.807) is 12.1 Å². The number of rotatable bonds is 4. The molecular weight excluding hydrogens is 164 g/mol. The monoisotopic (exact) mass is 178 g/mol. The van der Waals surface area contributed by atoms with E-state index in [1.165, 1.54) is 5.56 Å². The Kier molecular flexibility index (Phi) is 3.58. The van der Waals surface area contributed by atoms with Gasteiger partial charge < -0.3 is 4.90 Å². The Morgan fingerprint density at radius 1 is 1.23 bits per heavy atom. The van der Waals surface area contributed by atoms with E-state index >= 15 is 0 Å². The molecule has 70 valence electrons. The Morgan fingerprint density at radius 3 is 2.31 bits per heavy atom. The number of hydrogen-bond acceptors (Lipinski definition) is 3. The van der Waals surface area contributed by atoms with E-state index in [9.17, 15) is 4.91 Å². The second-order valence-electron chi connectivity index (χ2n) is 3.31. The van der Waals surface area contributed by atoms with Crippen LogP contribution in [0, 0.1) is 4.91 Å². The molecule has 0 spiro atoms. The highest BCUT2D eigenvalue weighted by atomic mass is 16.3. The van der Waals surface area contributed by atoms with Gasteiger partial charge in [-0.15, -0.1) is 4.91 Å². The SMILES string of the molecule is CN(C)CCc1ccc(N=O)cc1. The molecule has 0 fully saturated rings. The molecule has 1 rings (SSSR count). The highest BCUT2D eigenvalue weighted by Gasteiger charge is 1.95. The van der Waals surface area contributed by atoms with Gasteiger partial charge in [-0.3, -0.25) is 0 Å². The normalized spacial score (nSPS) is 10.4. The molecule has 0 aliphatic carbocycles. The summed E-state index contributed by atoms with van der Waals surface area (Å²) in [5.74, 6) is 0. The molecule has 13 heavy (non-hydrogen) atoms. The summed E-state index contributed by atoms with van der Waals surface area (Å²) in [5.41, 5.74) is 1.73. The molecule has 0 N–H and O–H groups in total. The van der Waals surface area contributed by atoms with Gasteiger partial charge in [0, 0.05) is 6.54 Å². The number of benzene rings is 1. The summed E-state index contributed by atoms with van der Waals surface area (Å²) in [6.45, 7) is 1.02. The van der Waals surface area contributed by atoms with Crippen LogP contribution in [-0.2, 0) is 6.42 Å². The van der Waals surface area contributed by atoms with E-state index in [-0.39, 0.29) is 0 Å². The fraction of sp³-hybridized carbons (Fsp3) is 0.400. The molecule has 0 amide bonds. The number of nitroso groups, excluding NO2 is 1. The average Bonchev–Trinajstić information content (AvgIpc) is 2.15. The lowest BCUT2D eigenvalue weighted by molar-refractivity contribution is 0.413. The zero-order valence-corrected chi connectivity index (χ0v) is 8.03. The lowest BCUT2D eigenvalue weighted by Crippen LogP contribution is -2.14. The molecule has 3 nitrogen and oxygen atoms in total. The molecule has 1 aromatic carbocycles. The number of likely N-dealkylation sites (N-methyl/N-ethyl adjacent to an activating group) is 1. The first-order valence-electron chi connectivity index (χ1n) is 4.29. The second kappa shape index (κ2) is 4.72. The highest BCUT2D eigenvalue weighted by Crippen LogP contribution is 2.12. The Bertz CT molecular complexity index is 267. The first-order valence-corrected chi connectivity index (χ1v) is 4.29. The largest absolute Gasteiger partial charge is 0.309 e. The van der Waals surface area contributed by atoms with Crippen molar-refractivity contribution in [3.63, 3.8) is 0 Å². The highest BCUT2D eigenvalue weighted by molar-refractivity contribution is 5.38. The summed E-state index contributed by atoms with van der Waals surface area (Å²) in [6, 6.07) is 7.39. The van der Waals surface area contributed by atoms with Crippen molar-refractivity contribution in [1.29, 1.82) is 0 Å². The van der Waals surface area contributed by atoms with Gasteiger partial charge in [0.25, 0.3) is 0 Å². The van der Waals surface area contributed by atoms with Gasteiger partial charge in [-0.2, -0.15) is 0 Å². The molecule has 0 aliphatic rings. The summed E-state index contributed by atoms with van der Waals surface area (Å²) in [5, 5.41) is 2.85. The average molecular weight is 178 g/mol. The Morgan fingerprint density at radius 2 is 1.85 bits per heavy atom. The first kappa shape index (κ1) is 9.86. The minimum Gasteiger partial charge on any atom is -0.309 e. The van der Waals surface area contributed by atoms with Crippen LogP contribution < -0.4 is 0 Å². The van der Waals surface area contributed by atoms with Gasteiger partial charge in [0.2, 0.25) is 0 Å². The van der Waals surface area contributed by atoms with Crippen LogP contribution in [0.1, 0.15) is 5.56 Å². The van der Waals surface area contributed by atoms with Gasteiger partial charge in [-0.1, -0.05) is 12.1 Å². The van der Waals surface area contributed by atoms with E-state index in [4.69, 9.17) is 0 Å². The molecule has 0 bridgehead atoms. The molecule has 0 aromatic heterocycles. The number of nitrogens with zero attached hydrogens (tertiary/aromatic N) is 2. The summed E-state index contributed by atoms with van der Waals surface area (Å²) in [4.78, 5) is 12.3. The molecule has 0 saturated carbocycles. The molecule has 3 heteroatoms. The van der Waals surface area contributed by atoms with Crippen molar-refractivity contribution in [2.24, 2.45) is 5.18 Å². The quantitative estimate of drug-likeness (QED) is 0.662. The van der Waals surface area contributed by atoms with Gasteiger partial charge in [0.05, 0.1) is 0 Å². The summed E-state index contributed by atoms with van der Waals surface area (Å²) in [6.07, 6.45) is 1.01. The Balaban J connectivity index is 2.54. The van der Waals surface area contributed by atoms with Crippen LogP contribution >= 0.6 is 0 Å². The third-order valence-electron chi connectivity index (χ3n) is 1.89. The minimum atomic E-state index is 0.494. The van der Waals surface area contributed by atoms with Crippen molar-refractivity contribution in [3.8, 4) is 0 Å². The lowest BCUT2D eigenvalue weighted by Gasteiger charge is -2.08. The Labute approximate surface area is 78.3 Å². The third kappa shape index (κ3) is 3.34. The van der Waals surface area contributed by atoms with Crippen LogP contribution in [0.15, 0.2) is 29.4 Å².